The summed E-state index contributed by atoms with van der Waals surface area (Å²) in [6.07, 6.45) is 1.76. The Morgan fingerprint density at radius 1 is 1.12 bits per heavy atom. The highest BCUT2D eigenvalue weighted by Crippen LogP contribution is 2.18. The molecule has 1 saturated heterocycles. The van der Waals surface area contributed by atoms with Crippen LogP contribution in [-0.4, -0.2) is 48.6 Å². The van der Waals surface area contributed by atoms with Gasteiger partial charge in [0, 0.05) is 24.2 Å². The molecule has 2 amide bonds. The molecule has 3 rings (SSSR count). The summed E-state index contributed by atoms with van der Waals surface area (Å²) in [5, 5.41) is 3.09. The maximum absolute atomic E-state index is 14.3. The number of benzene rings is 2. The van der Waals surface area contributed by atoms with E-state index in [1.807, 2.05) is 24.3 Å². The fourth-order valence-corrected chi connectivity index (χ4v) is 3.65. The Morgan fingerprint density at radius 3 is 2.44 bits per heavy atom. The van der Waals surface area contributed by atoms with Crippen LogP contribution in [0.4, 0.5) is 13.6 Å². The first-order valence-corrected chi connectivity index (χ1v) is 11.2. The Kier molecular flexibility index (Phi) is 8.45. The highest BCUT2D eigenvalue weighted by Gasteiger charge is 2.23. The molecule has 2 aromatic rings. The lowest BCUT2D eigenvalue weighted by atomic mass is 10.1. The molecule has 1 heterocycles. The van der Waals surface area contributed by atoms with E-state index in [0.29, 0.717) is 19.1 Å². The molecule has 2 aromatic carbocycles. The molecule has 174 valence electrons. The molecule has 0 aromatic heterocycles. The van der Waals surface area contributed by atoms with Crippen LogP contribution in [-0.2, 0) is 13.1 Å². The second-order valence-corrected chi connectivity index (χ2v) is 8.97. The smallest absolute Gasteiger partial charge is 0.318 e. The SMILES string of the molecule is CC(C)COc1ccc(CN(Cc2ccc(F)cc2F)C(=O)NC2CCN(C)CC2)cc1. The molecule has 0 spiro atoms. The zero-order valence-electron chi connectivity index (χ0n) is 19.1. The predicted octanol–water partition coefficient (Wildman–Crippen LogP) is 4.81. The molecular weight excluding hydrogens is 412 g/mol. The van der Waals surface area contributed by atoms with Crippen LogP contribution in [0.5, 0.6) is 5.75 Å². The number of halogens is 2. The van der Waals surface area contributed by atoms with Gasteiger partial charge in [0.15, 0.2) is 0 Å². The van der Waals surface area contributed by atoms with E-state index in [0.717, 1.165) is 43.3 Å². The standard InChI is InChI=1S/C25H33F2N3O2/c1-18(2)17-32-23-8-4-19(5-9-23)15-30(16-20-6-7-21(26)14-24(20)27)25(31)28-22-10-12-29(3)13-11-22/h4-9,14,18,22H,10-13,15-17H2,1-3H3,(H,28,31). The summed E-state index contributed by atoms with van der Waals surface area (Å²) in [5.41, 5.74) is 1.18. The first-order chi connectivity index (χ1) is 15.3. The third-order valence-electron chi connectivity index (χ3n) is 5.59. The van der Waals surface area contributed by atoms with Crippen molar-refractivity contribution in [1.82, 2.24) is 15.1 Å². The summed E-state index contributed by atoms with van der Waals surface area (Å²) in [4.78, 5) is 16.9. The average Bonchev–Trinajstić information content (AvgIpc) is 2.76. The highest BCUT2D eigenvalue weighted by atomic mass is 19.1. The van der Waals surface area contributed by atoms with Gasteiger partial charge < -0.3 is 19.9 Å². The Bertz CT molecular complexity index is 881. The lowest BCUT2D eigenvalue weighted by Gasteiger charge is -2.32. The fraction of sp³-hybridized carbons (Fsp3) is 0.480. The van der Waals surface area contributed by atoms with E-state index in [4.69, 9.17) is 4.74 Å². The molecule has 0 radical (unpaired) electrons. The number of carbonyl (C=O) groups is 1. The van der Waals surface area contributed by atoms with E-state index in [2.05, 4.69) is 31.1 Å². The van der Waals surface area contributed by atoms with E-state index in [1.54, 1.807) is 4.90 Å². The first kappa shape index (κ1) is 24.0. The summed E-state index contributed by atoms with van der Waals surface area (Å²) in [5.74, 6) is -0.0847. The normalized spacial score (nSPS) is 15.1. The number of hydrogen-bond donors (Lipinski definition) is 1. The molecule has 0 saturated carbocycles. The van der Waals surface area contributed by atoms with E-state index < -0.39 is 11.6 Å². The average molecular weight is 446 g/mol. The van der Waals surface area contributed by atoms with E-state index >= 15 is 0 Å². The minimum Gasteiger partial charge on any atom is -0.493 e. The van der Waals surface area contributed by atoms with Gasteiger partial charge in [0.1, 0.15) is 17.4 Å². The molecule has 0 unspecified atom stereocenters. The van der Waals surface area contributed by atoms with E-state index in [9.17, 15) is 13.6 Å². The molecule has 0 bridgehead atoms. The minimum atomic E-state index is -0.653. The summed E-state index contributed by atoms with van der Waals surface area (Å²) >= 11 is 0. The van der Waals surface area contributed by atoms with Crippen molar-refractivity contribution in [2.45, 2.75) is 45.8 Å². The maximum Gasteiger partial charge on any atom is 0.318 e. The molecule has 0 atom stereocenters. The van der Waals surface area contributed by atoms with E-state index in [-0.39, 0.29) is 24.2 Å². The van der Waals surface area contributed by atoms with Crippen LogP contribution in [0, 0.1) is 17.6 Å². The van der Waals surface area contributed by atoms with Crippen LogP contribution < -0.4 is 10.1 Å². The number of hydrogen-bond acceptors (Lipinski definition) is 3. The third-order valence-corrected chi connectivity index (χ3v) is 5.59. The van der Waals surface area contributed by atoms with Crippen molar-refractivity contribution in [2.24, 2.45) is 5.92 Å². The second-order valence-electron chi connectivity index (χ2n) is 8.97. The highest BCUT2D eigenvalue weighted by molar-refractivity contribution is 5.74. The van der Waals surface area contributed by atoms with Crippen LogP contribution in [0.25, 0.3) is 0 Å². The summed E-state index contributed by atoms with van der Waals surface area (Å²) < 4.78 is 33.4. The number of piperidine rings is 1. The zero-order chi connectivity index (χ0) is 23.1. The number of nitrogens with one attached hydrogen (secondary N) is 1. The van der Waals surface area contributed by atoms with Gasteiger partial charge in [-0.25, -0.2) is 13.6 Å². The Morgan fingerprint density at radius 2 is 1.81 bits per heavy atom. The van der Waals surface area contributed by atoms with Crippen molar-refractivity contribution in [3.8, 4) is 5.75 Å². The van der Waals surface area contributed by atoms with Crippen molar-refractivity contribution in [2.75, 3.05) is 26.7 Å². The van der Waals surface area contributed by atoms with Gasteiger partial charge in [-0.3, -0.25) is 0 Å². The van der Waals surface area contributed by atoms with Gasteiger partial charge in [-0.15, -0.1) is 0 Å². The van der Waals surface area contributed by atoms with Crippen LogP contribution >= 0.6 is 0 Å². The van der Waals surface area contributed by atoms with Crippen molar-refractivity contribution in [1.29, 1.82) is 0 Å². The van der Waals surface area contributed by atoms with Crippen molar-refractivity contribution < 1.29 is 18.3 Å². The van der Waals surface area contributed by atoms with Crippen LogP contribution in [0.2, 0.25) is 0 Å². The number of nitrogens with zero attached hydrogens (tertiary/aromatic N) is 2. The van der Waals surface area contributed by atoms with Crippen molar-refractivity contribution in [3.63, 3.8) is 0 Å². The molecule has 0 aliphatic carbocycles. The number of rotatable bonds is 8. The van der Waals surface area contributed by atoms with Gasteiger partial charge in [-0.2, -0.15) is 0 Å². The van der Waals surface area contributed by atoms with Crippen molar-refractivity contribution in [3.05, 3.63) is 65.2 Å². The fourth-order valence-electron chi connectivity index (χ4n) is 3.65. The zero-order valence-corrected chi connectivity index (χ0v) is 19.1. The van der Waals surface area contributed by atoms with Gasteiger partial charge in [-0.05, 0) is 62.7 Å². The molecule has 1 aliphatic rings. The van der Waals surface area contributed by atoms with Gasteiger partial charge >= 0.3 is 6.03 Å². The second kappa shape index (κ2) is 11.3. The quantitative estimate of drug-likeness (QED) is 0.635. The topological polar surface area (TPSA) is 44.8 Å². The van der Waals surface area contributed by atoms with Crippen molar-refractivity contribution >= 4 is 6.03 Å². The summed E-state index contributed by atoms with van der Waals surface area (Å²) in [7, 11) is 2.07. The molecular formula is C25H33F2N3O2. The summed E-state index contributed by atoms with van der Waals surface area (Å²) in [6, 6.07) is 10.9. The molecule has 1 N–H and O–H groups in total. The lowest BCUT2D eigenvalue weighted by Crippen LogP contribution is -2.48. The van der Waals surface area contributed by atoms with Gasteiger partial charge in [-0.1, -0.05) is 32.0 Å². The maximum atomic E-state index is 14.3. The van der Waals surface area contributed by atoms with Crippen LogP contribution in [0.1, 0.15) is 37.8 Å². The lowest BCUT2D eigenvalue weighted by molar-refractivity contribution is 0.175. The summed E-state index contributed by atoms with van der Waals surface area (Å²) in [6.45, 7) is 7.02. The van der Waals surface area contributed by atoms with Gasteiger partial charge in [0.25, 0.3) is 0 Å². The molecule has 1 fully saturated rings. The number of ether oxygens (including phenoxy) is 1. The Balaban J connectivity index is 1.71. The van der Waals surface area contributed by atoms with Crippen LogP contribution in [0.15, 0.2) is 42.5 Å². The minimum absolute atomic E-state index is 0.0518. The number of carbonyl (C=O) groups excluding carboxylic acids is 1. The monoisotopic (exact) mass is 445 g/mol. The molecule has 1 aliphatic heterocycles. The van der Waals surface area contributed by atoms with Crippen LogP contribution in [0.3, 0.4) is 0 Å². The molecule has 32 heavy (non-hydrogen) atoms. The van der Waals surface area contributed by atoms with Gasteiger partial charge in [0.05, 0.1) is 13.2 Å². The molecule has 5 nitrogen and oxygen atoms in total. The Labute approximate surface area is 189 Å². The largest absolute Gasteiger partial charge is 0.493 e. The number of urea groups is 1. The molecule has 7 heteroatoms. The number of amides is 2. The number of likely N-dealkylation sites (tertiary alicyclic amines) is 1. The Hall–Kier alpha value is -2.67. The third kappa shape index (κ3) is 7.19. The first-order valence-electron chi connectivity index (χ1n) is 11.2. The van der Waals surface area contributed by atoms with E-state index in [1.165, 1.54) is 12.1 Å². The van der Waals surface area contributed by atoms with Gasteiger partial charge in [0.2, 0.25) is 0 Å². The predicted molar refractivity (Wildman–Crippen MR) is 121 cm³/mol.